The second-order valence-electron chi connectivity index (χ2n) is 6.79. The van der Waals surface area contributed by atoms with E-state index in [1.807, 2.05) is 49.4 Å². The van der Waals surface area contributed by atoms with Crippen molar-refractivity contribution in [3.8, 4) is 0 Å². The number of rotatable bonds is 5. The summed E-state index contributed by atoms with van der Waals surface area (Å²) in [5.41, 5.74) is 0.854. The predicted molar refractivity (Wildman–Crippen MR) is 107 cm³/mol. The average molecular weight is 371 g/mol. The highest BCUT2D eigenvalue weighted by Gasteiger charge is 2.29. The van der Waals surface area contributed by atoms with E-state index in [1.165, 1.54) is 0 Å². The lowest BCUT2D eigenvalue weighted by Gasteiger charge is -2.38. The van der Waals surface area contributed by atoms with Crippen molar-refractivity contribution in [1.82, 2.24) is 4.90 Å². The zero-order chi connectivity index (χ0) is 18.5. The number of nitrogens with zero attached hydrogens (tertiary/aromatic N) is 1. The van der Waals surface area contributed by atoms with Crippen LogP contribution in [-0.2, 0) is 9.53 Å². The van der Waals surface area contributed by atoms with Crippen LogP contribution in [0.5, 0.6) is 0 Å². The third kappa shape index (κ3) is 4.87. The topological polar surface area (TPSA) is 41.6 Å². The van der Waals surface area contributed by atoms with Gasteiger partial charge in [-0.3, -0.25) is 9.69 Å². The Morgan fingerprint density at radius 3 is 2.38 bits per heavy atom. The number of nitrogens with one attached hydrogen (secondary N) is 1. The number of carbonyl (C=O) groups excluding carboxylic acids is 1. The summed E-state index contributed by atoms with van der Waals surface area (Å²) in [6.07, 6.45) is 0.296. The van der Waals surface area contributed by atoms with E-state index in [0.717, 1.165) is 28.6 Å². The van der Waals surface area contributed by atoms with Crippen molar-refractivity contribution in [1.29, 1.82) is 0 Å². The standard InChI is InChI=1S/C21H26N2O2S/c1-15-13-23(14-16(2)25-15)17(3)21(24)22-19-11-7-8-12-20(19)26-18-9-5-4-6-10-18/h4-12,15-17H,13-14H2,1-3H3,(H,22,24)/t15-,16-,17+/m1/s1. The van der Waals surface area contributed by atoms with E-state index in [1.54, 1.807) is 11.8 Å². The first-order valence-corrected chi connectivity index (χ1v) is 9.87. The first-order valence-electron chi connectivity index (χ1n) is 9.05. The van der Waals surface area contributed by atoms with E-state index in [2.05, 4.69) is 36.2 Å². The minimum atomic E-state index is -0.196. The molecule has 1 fully saturated rings. The van der Waals surface area contributed by atoms with Crippen LogP contribution < -0.4 is 5.32 Å². The molecule has 2 aromatic rings. The van der Waals surface area contributed by atoms with Crippen molar-refractivity contribution in [3.05, 3.63) is 54.6 Å². The smallest absolute Gasteiger partial charge is 0.241 e. The first kappa shape index (κ1) is 19.0. The second-order valence-corrected chi connectivity index (χ2v) is 7.90. The SMILES string of the molecule is C[C@@H]1CN([C@@H](C)C(=O)Nc2ccccc2Sc2ccccc2)C[C@@H](C)O1. The monoisotopic (exact) mass is 370 g/mol. The largest absolute Gasteiger partial charge is 0.373 e. The lowest BCUT2D eigenvalue weighted by molar-refractivity contribution is -0.126. The minimum absolute atomic E-state index is 0.0208. The predicted octanol–water partition coefficient (Wildman–Crippen LogP) is 4.27. The van der Waals surface area contributed by atoms with E-state index in [9.17, 15) is 4.79 Å². The van der Waals surface area contributed by atoms with E-state index in [-0.39, 0.29) is 24.2 Å². The van der Waals surface area contributed by atoms with E-state index in [0.29, 0.717) is 0 Å². The number of benzene rings is 2. The first-order chi connectivity index (χ1) is 12.5. The molecular formula is C21H26N2O2S. The zero-order valence-corrected chi connectivity index (χ0v) is 16.3. The van der Waals surface area contributed by atoms with E-state index >= 15 is 0 Å². The summed E-state index contributed by atoms with van der Waals surface area (Å²) in [6, 6.07) is 17.9. The molecule has 4 nitrogen and oxygen atoms in total. The fourth-order valence-electron chi connectivity index (χ4n) is 3.21. The maximum Gasteiger partial charge on any atom is 0.241 e. The Labute approximate surface area is 159 Å². The van der Waals surface area contributed by atoms with Gasteiger partial charge in [0.2, 0.25) is 5.91 Å². The maximum absolute atomic E-state index is 12.8. The molecule has 5 heteroatoms. The summed E-state index contributed by atoms with van der Waals surface area (Å²) in [6.45, 7) is 7.63. The molecule has 1 aliphatic heterocycles. The number of anilines is 1. The van der Waals surface area contributed by atoms with Gasteiger partial charge >= 0.3 is 0 Å². The average Bonchev–Trinajstić information content (AvgIpc) is 2.62. The summed E-state index contributed by atoms with van der Waals surface area (Å²) < 4.78 is 5.77. The van der Waals surface area contributed by atoms with Gasteiger partial charge in [0, 0.05) is 22.9 Å². The molecule has 1 aliphatic rings. The molecule has 0 aromatic heterocycles. The van der Waals surface area contributed by atoms with Gasteiger partial charge in [-0.15, -0.1) is 0 Å². The van der Waals surface area contributed by atoms with Crippen LogP contribution in [0.4, 0.5) is 5.69 Å². The van der Waals surface area contributed by atoms with Crippen molar-refractivity contribution in [3.63, 3.8) is 0 Å². The number of amides is 1. The lowest BCUT2D eigenvalue weighted by Crippen LogP contribution is -2.52. The Morgan fingerprint density at radius 2 is 1.69 bits per heavy atom. The fourth-order valence-corrected chi connectivity index (χ4v) is 4.13. The Hall–Kier alpha value is -1.82. The molecule has 0 spiro atoms. The Balaban J connectivity index is 1.69. The van der Waals surface area contributed by atoms with E-state index in [4.69, 9.17) is 4.74 Å². The Kier molecular flexibility index (Phi) is 6.35. The highest BCUT2D eigenvalue weighted by molar-refractivity contribution is 7.99. The molecule has 3 rings (SSSR count). The molecule has 1 saturated heterocycles. The number of hydrogen-bond donors (Lipinski definition) is 1. The van der Waals surface area contributed by atoms with Gasteiger partial charge in [0.05, 0.1) is 23.9 Å². The second kappa shape index (κ2) is 8.71. The molecule has 0 unspecified atom stereocenters. The van der Waals surface area contributed by atoms with Crippen molar-refractivity contribution < 1.29 is 9.53 Å². The Morgan fingerprint density at radius 1 is 1.08 bits per heavy atom. The van der Waals surface area contributed by atoms with Crippen LogP contribution in [0.15, 0.2) is 64.4 Å². The molecule has 2 aromatic carbocycles. The van der Waals surface area contributed by atoms with Gasteiger partial charge in [-0.1, -0.05) is 42.1 Å². The summed E-state index contributed by atoms with van der Waals surface area (Å²) in [4.78, 5) is 17.2. The van der Waals surface area contributed by atoms with Crippen LogP contribution in [-0.4, -0.2) is 42.1 Å². The number of morpholine rings is 1. The van der Waals surface area contributed by atoms with Gasteiger partial charge < -0.3 is 10.1 Å². The van der Waals surface area contributed by atoms with Gasteiger partial charge in [0.1, 0.15) is 0 Å². The van der Waals surface area contributed by atoms with Crippen molar-refractivity contribution in [2.24, 2.45) is 0 Å². The third-order valence-corrected chi connectivity index (χ3v) is 5.57. The molecule has 1 N–H and O–H groups in total. The molecular weight excluding hydrogens is 344 g/mol. The molecule has 1 amide bonds. The number of ether oxygens (including phenoxy) is 1. The molecule has 26 heavy (non-hydrogen) atoms. The molecule has 0 radical (unpaired) electrons. The zero-order valence-electron chi connectivity index (χ0n) is 15.5. The molecule has 1 heterocycles. The summed E-state index contributed by atoms with van der Waals surface area (Å²) in [5, 5.41) is 3.12. The van der Waals surface area contributed by atoms with Crippen LogP contribution in [0, 0.1) is 0 Å². The number of carbonyl (C=O) groups is 1. The highest BCUT2D eigenvalue weighted by atomic mass is 32.2. The van der Waals surface area contributed by atoms with Gasteiger partial charge in [-0.2, -0.15) is 0 Å². The Bertz CT molecular complexity index is 728. The third-order valence-electron chi connectivity index (χ3n) is 4.49. The van der Waals surface area contributed by atoms with E-state index < -0.39 is 0 Å². The minimum Gasteiger partial charge on any atom is -0.373 e. The number of hydrogen-bond acceptors (Lipinski definition) is 4. The van der Waals surface area contributed by atoms with Crippen LogP contribution in [0.1, 0.15) is 20.8 Å². The summed E-state index contributed by atoms with van der Waals surface area (Å²) in [5.74, 6) is 0.0208. The molecule has 0 saturated carbocycles. The van der Waals surface area contributed by atoms with Crippen molar-refractivity contribution >= 4 is 23.4 Å². The van der Waals surface area contributed by atoms with Gasteiger partial charge in [0.25, 0.3) is 0 Å². The molecule has 0 bridgehead atoms. The van der Waals surface area contributed by atoms with Crippen molar-refractivity contribution in [2.75, 3.05) is 18.4 Å². The molecule has 3 atom stereocenters. The quantitative estimate of drug-likeness (QED) is 0.853. The van der Waals surface area contributed by atoms with Gasteiger partial charge in [0.15, 0.2) is 0 Å². The van der Waals surface area contributed by atoms with Crippen LogP contribution in [0.3, 0.4) is 0 Å². The van der Waals surface area contributed by atoms with Crippen LogP contribution in [0.25, 0.3) is 0 Å². The van der Waals surface area contributed by atoms with Crippen molar-refractivity contribution in [2.45, 2.75) is 48.8 Å². The fraction of sp³-hybridized carbons (Fsp3) is 0.381. The normalized spacial score (nSPS) is 22.0. The highest BCUT2D eigenvalue weighted by Crippen LogP contribution is 2.33. The van der Waals surface area contributed by atoms with Gasteiger partial charge in [-0.25, -0.2) is 0 Å². The molecule has 138 valence electrons. The van der Waals surface area contributed by atoms with Gasteiger partial charge in [-0.05, 0) is 45.0 Å². The number of para-hydroxylation sites is 1. The summed E-state index contributed by atoms with van der Waals surface area (Å²) in [7, 11) is 0. The lowest BCUT2D eigenvalue weighted by atomic mass is 10.1. The van der Waals surface area contributed by atoms with Crippen LogP contribution >= 0.6 is 11.8 Å². The molecule has 0 aliphatic carbocycles. The van der Waals surface area contributed by atoms with Crippen LogP contribution in [0.2, 0.25) is 0 Å². The maximum atomic E-state index is 12.8. The summed E-state index contributed by atoms with van der Waals surface area (Å²) >= 11 is 1.66.